The van der Waals surface area contributed by atoms with Gasteiger partial charge in [0.15, 0.2) is 0 Å². The predicted octanol–water partition coefficient (Wildman–Crippen LogP) is 3.08. The summed E-state index contributed by atoms with van der Waals surface area (Å²) in [5, 5.41) is 0. The van der Waals surface area contributed by atoms with Gasteiger partial charge in [0.25, 0.3) is 0 Å². The van der Waals surface area contributed by atoms with Crippen LogP contribution in [0.3, 0.4) is 0 Å². The molecule has 0 unspecified atom stereocenters. The molecule has 2 heterocycles. The van der Waals surface area contributed by atoms with Crippen LogP contribution in [0.5, 0.6) is 0 Å². The molecule has 4 heteroatoms. The van der Waals surface area contributed by atoms with Crippen molar-refractivity contribution in [3.05, 3.63) is 40.9 Å². The van der Waals surface area contributed by atoms with E-state index < -0.39 is 0 Å². The van der Waals surface area contributed by atoms with E-state index in [-0.39, 0.29) is 0 Å². The number of nitrogens with zero attached hydrogens (tertiary/aromatic N) is 2. The number of hydrogen-bond donors (Lipinski definition) is 1. The highest BCUT2D eigenvalue weighted by atomic mass is 32.1. The second-order valence-corrected chi connectivity index (χ2v) is 4.45. The number of aromatic amines is 1. The van der Waals surface area contributed by atoms with Crippen molar-refractivity contribution < 1.29 is 0 Å². The third kappa shape index (κ3) is 1.88. The highest BCUT2D eigenvalue weighted by molar-refractivity contribution is 7.71. The molecule has 80 valence electrons. The summed E-state index contributed by atoms with van der Waals surface area (Å²) in [6.07, 6.45) is 6.03. The van der Waals surface area contributed by atoms with E-state index in [1.54, 1.807) is 12.4 Å². The number of aromatic nitrogens is 3. The average Bonchev–Trinajstić information content (AvgIpc) is 3.13. The molecule has 1 aliphatic rings. The van der Waals surface area contributed by atoms with Gasteiger partial charge in [-0.1, -0.05) is 12.2 Å². The van der Waals surface area contributed by atoms with Crippen molar-refractivity contribution in [2.75, 3.05) is 0 Å². The Morgan fingerprint density at radius 3 is 2.69 bits per heavy atom. The highest BCUT2D eigenvalue weighted by Gasteiger charge is 2.24. The second-order valence-electron chi connectivity index (χ2n) is 4.03. The minimum Gasteiger partial charge on any atom is -0.343 e. The Morgan fingerprint density at radius 1 is 1.25 bits per heavy atom. The zero-order valence-electron chi connectivity index (χ0n) is 8.68. The lowest BCUT2D eigenvalue weighted by Crippen LogP contribution is -1.94. The fourth-order valence-corrected chi connectivity index (χ4v) is 1.96. The van der Waals surface area contributed by atoms with Crippen LogP contribution in [0.4, 0.5) is 0 Å². The van der Waals surface area contributed by atoms with Gasteiger partial charge in [0.1, 0.15) is 10.5 Å². The van der Waals surface area contributed by atoms with Crippen molar-refractivity contribution in [1.82, 2.24) is 15.0 Å². The van der Waals surface area contributed by atoms with Crippen molar-refractivity contribution >= 4 is 12.2 Å². The Morgan fingerprint density at radius 2 is 2.00 bits per heavy atom. The summed E-state index contributed by atoms with van der Waals surface area (Å²) in [6.45, 7) is 0. The third-order valence-corrected chi connectivity index (χ3v) is 2.94. The topological polar surface area (TPSA) is 41.6 Å². The molecule has 0 radical (unpaired) electrons. The molecule has 16 heavy (non-hydrogen) atoms. The van der Waals surface area contributed by atoms with E-state index in [9.17, 15) is 0 Å². The third-order valence-electron chi connectivity index (χ3n) is 2.73. The van der Waals surface area contributed by atoms with Crippen molar-refractivity contribution in [2.24, 2.45) is 0 Å². The van der Waals surface area contributed by atoms with Crippen molar-refractivity contribution in [2.45, 2.75) is 18.8 Å². The zero-order chi connectivity index (χ0) is 11.0. The molecule has 1 fully saturated rings. The molecule has 3 nitrogen and oxygen atoms in total. The molecule has 2 aromatic heterocycles. The number of nitrogens with one attached hydrogen (secondary N) is 1. The molecule has 0 saturated heterocycles. The molecule has 0 aromatic carbocycles. The summed E-state index contributed by atoms with van der Waals surface area (Å²) < 4.78 is 0.660. The molecular weight excluding hydrogens is 218 g/mol. The summed E-state index contributed by atoms with van der Waals surface area (Å²) in [6, 6.07) is 5.84. The molecule has 0 amide bonds. The van der Waals surface area contributed by atoms with Gasteiger partial charge in [-0.3, -0.25) is 4.98 Å². The van der Waals surface area contributed by atoms with E-state index in [1.165, 1.54) is 18.5 Å². The Labute approximate surface area is 98.6 Å². The predicted molar refractivity (Wildman–Crippen MR) is 64.6 cm³/mol. The largest absolute Gasteiger partial charge is 0.343 e. The van der Waals surface area contributed by atoms with Gasteiger partial charge in [-0.2, -0.15) is 0 Å². The van der Waals surface area contributed by atoms with Crippen LogP contribution in [0, 0.1) is 4.64 Å². The van der Waals surface area contributed by atoms with Crippen LogP contribution < -0.4 is 0 Å². The number of pyridine rings is 1. The normalized spacial score (nSPS) is 15.0. The zero-order valence-corrected chi connectivity index (χ0v) is 9.50. The summed E-state index contributed by atoms with van der Waals surface area (Å²) in [5.41, 5.74) is 2.25. The maximum Gasteiger partial charge on any atom is 0.139 e. The molecule has 1 saturated carbocycles. The van der Waals surface area contributed by atoms with Crippen molar-refractivity contribution in [3.63, 3.8) is 0 Å². The van der Waals surface area contributed by atoms with Crippen LogP contribution in [0.2, 0.25) is 0 Å². The number of rotatable bonds is 2. The summed E-state index contributed by atoms with van der Waals surface area (Å²) in [5.74, 6) is 1.50. The van der Waals surface area contributed by atoms with Gasteiger partial charge in [-0.05, 0) is 37.0 Å². The molecule has 0 bridgehead atoms. The molecular formula is C12H11N3S. The van der Waals surface area contributed by atoms with Gasteiger partial charge in [-0.15, -0.1) is 0 Å². The van der Waals surface area contributed by atoms with Crippen LogP contribution in [0.15, 0.2) is 30.6 Å². The molecule has 0 spiro atoms. The van der Waals surface area contributed by atoms with Crippen molar-refractivity contribution in [3.8, 4) is 11.4 Å². The van der Waals surface area contributed by atoms with Crippen LogP contribution in [0.1, 0.15) is 24.5 Å². The maximum absolute atomic E-state index is 5.19. The molecule has 1 N–H and O–H groups in total. The van der Waals surface area contributed by atoms with E-state index in [0.717, 1.165) is 11.4 Å². The quantitative estimate of drug-likeness (QED) is 0.805. The molecule has 3 rings (SSSR count). The summed E-state index contributed by atoms with van der Waals surface area (Å²) in [4.78, 5) is 11.7. The fraction of sp³-hybridized carbons (Fsp3) is 0.250. The van der Waals surface area contributed by atoms with E-state index in [2.05, 4.69) is 15.0 Å². The minimum atomic E-state index is 0.658. The maximum atomic E-state index is 5.19. The Kier molecular flexibility index (Phi) is 2.29. The standard InChI is InChI=1S/C12H11N3S/c16-11-7-10(8-1-2-8)14-12(15-11)9-3-5-13-6-4-9/h3-8H,1-2H2,(H,14,15,16). The molecule has 1 aliphatic carbocycles. The van der Waals surface area contributed by atoms with Gasteiger partial charge in [0, 0.05) is 23.7 Å². The Hall–Kier alpha value is -1.55. The lowest BCUT2D eigenvalue weighted by Gasteiger charge is -2.04. The number of H-pyrrole nitrogens is 1. The summed E-state index contributed by atoms with van der Waals surface area (Å²) >= 11 is 5.19. The van der Waals surface area contributed by atoms with Gasteiger partial charge in [0.05, 0.1) is 0 Å². The first-order valence-corrected chi connectivity index (χ1v) is 5.75. The first-order valence-electron chi connectivity index (χ1n) is 5.34. The van der Waals surface area contributed by atoms with Gasteiger partial charge >= 0.3 is 0 Å². The molecule has 0 aliphatic heterocycles. The first kappa shape index (κ1) is 9.66. The Balaban J connectivity index is 2.10. The average molecular weight is 229 g/mol. The van der Waals surface area contributed by atoms with Crippen LogP contribution in [0.25, 0.3) is 11.4 Å². The highest BCUT2D eigenvalue weighted by Crippen LogP contribution is 2.39. The van der Waals surface area contributed by atoms with Crippen LogP contribution in [-0.2, 0) is 0 Å². The van der Waals surface area contributed by atoms with Gasteiger partial charge in [-0.25, -0.2) is 4.98 Å². The molecule has 0 atom stereocenters. The smallest absolute Gasteiger partial charge is 0.139 e. The fourth-order valence-electron chi connectivity index (χ4n) is 1.74. The lowest BCUT2D eigenvalue weighted by molar-refractivity contribution is 0.987. The van der Waals surface area contributed by atoms with Crippen LogP contribution >= 0.6 is 12.2 Å². The van der Waals surface area contributed by atoms with Crippen LogP contribution in [-0.4, -0.2) is 15.0 Å². The van der Waals surface area contributed by atoms with E-state index in [4.69, 9.17) is 12.2 Å². The van der Waals surface area contributed by atoms with Gasteiger partial charge in [0.2, 0.25) is 0 Å². The van der Waals surface area contributed by atoms with E-state index in [1.807, 2.05) is 18.2 Å². The lowest BCUT2D eigenvalue weighted by atomic mass is 10.2. The van der Waals surface area contributed by atoms with E-state index in [0.29, 0.717) is 10.6 Å². The second kappa shape index (κ2) is 3.79. The number of hydrogen-bond acceptors (Lipinski definition) is 3. The van der Waals surface area contributed by atoms with E-state index >= 15 is 0 Å². The Bertz CT molecular complexity index is 558. The van der Waals surface area contributed by atoms with Crippen molar-refractivity contribution in [1.29, 1.82) is 0 Å². The summed E-state index contributed by atoms with van der Waals surface area (Å²) in [7, 11) is 0. The van der Waals surface area contributed by atoms with Gasteiger partial charge < -0.3 is 4.98 Å². The monoisotopic (exact) mass is 229 g/mol. The molecule has 2 aromatic rings. The first-order chi connectivity index (χ1) is 7.83. The minimum absolute atomic E-state index is 0.658. The SMILES string of the molecule is S=c1cc(C2CC2)[nH]c(-c2ccncc2)n1.